The number of H-pyrrole nitrogens is 1. The van der Waals surface area contributed by atoms with Crippen LogP contribution < -0.4 is 91.3 Å². The molecule has 1 aliphatic carbocycles. The number of amides is 12. The second-order valence-electron chi connectivity index (χ2n) is 32.3. The summed E-state index contributed by atoms with van der Waals surface area (Å²) in [5.41, 5.74) is 18.9. The van der Waals surface area contributed by atoms with Crippen molar-refractivity contribution in [3.63, 3.8) is 0 Å². The number of aliphatic carboxylic acids is 2. The first kappa shape index (κ1) is 99.6. The fourth-order valence-corrected chi connectivity index (χ4v) is 15.4. The molecular formula is C83H121FN20O19S. The number of piperazine rings is 1. The fourth-order valence-electron chi connectivity index (χ4n) is 14.2. The predicted octanol–water partition coefficient (Wildman–Crippen LogP) is -0.0943. The summed E-state index contributed by atoms with van der Waals surface area (Å²) >= 11 is 1.35. The highest BCUT2D eigenvalue weighted by Gasteiger charge is 2.41. The Hall–Kier alpha value is -11.5. The number of rotatable bonds is 34. The Morgan fingerprint density at radius 1 is 0.669 bits per heavy atom. The number of pyridine rings is 1. The molecule has 680 valence electrons. The van der Waals surface area contributed by atoms with Crippen LogP contribution in [0.25, 0.3) is 10.9 Å². The number of aromatic nitrogens is 3. The van der Waals surface area contributed by atoms with E-state index in [0.29, 0.717) is 40.6 Å². The van der Waals surface area contributed by atoms with E-state index in [0.717, 1.165) is 32.4 Å². The van der Waals surface area contributed by atoms with E-state index in [1.54, 1.807) is 64.1 Å². The summed E-state index contributed by atoms with van der Waals surface area (Å²) in [5.74, 6) is -17.2. The Kier molecular flexibility index (Phi) is 39.0. The van der Waals surface area contributed by atoms with Gasteiger partial charge in [-0.3, -0.25) is 76.9 Å². The number of hydrogen-bond acceptors (Lipinski definition) is 23. The van der Waals surface area contributed by atoms with Crippen molar-refractivity contribution in [1.29, 1.82) is 0 Å². The van der Waals surface area contributed by atoms with E-state index in [2.05, 4.69) is 78.8 Å². The number of aromatic carboxylic acids is 1. The number of nitrogens with two attached hydrogens (primary N) is 3. The molecule has 3 fully saturated rings. The van der Waals surface area contributed by atoms with Gasteiger partial charge in [-0.25, -0.2) is 14.2 Å². The number of halogens is 1. The van der Waals surface area contributed by atoms with Gasteiger partial charge in [0.2, 0.25) is 76.3 Å². The number of primary amides is 1. The van der Waals surface area contributed by atoms with E-state index in [-0.39, 0.29) is 112 Å². The van der Waals surface area contributed by atoms with Gasteiger partial charge in [-0.15, -0.1) is 11.8 Å². The SMILES string of the molecule is CC[C@H](C)[C@H](N)C1=N[C@H](C(=O)N[C@@H](CC(C)C)C(=O)N[C@H](CCC(=O)O)C(=O)N[C@H](C(=O)N[C@@H]2CCCCNC(=O)[C@H](CC(N)=O)NC(=O)[C@H](CC(=O)O)NC(=O)[C@H](Cc3cnc[nH]3)NC(=O)[C@@H](Cc3ccccc3)NC(=O)[C@H]([C@@H](C)CC)NC(=O)[C@@H](CCCN)NC2=O)[C@@H](C)CC)CS1.O=C(O)c1cn(C2CC2)c2cc(N3CCNCC3)c(F)cc2c1=O. The quantitative estimate of drug-likeness (QED) is 0.0290. The van der Waals surface area contributed by atoms with E-state index in [1.165, 1.54) is 36.5 Å². The van der Waals surface area contributed by atoms with Gasteiger partial charge in [0.1, 0.15) is 77.8 Å². The smallest absolute Gasteiger partial charge is 0.341 e. The maximum Gasteiger partial charge on any atom is 0.341 e. The zero-order chi connectivity index (χ0) is 91.2. The maximum absolute atomic E-state index is 14.9. The highest BCUT2D eigenvalue weighted by Crippen LogP contribution is 2.38. The first-order valence-corrected chi connectivity index (χ1v) is 43.2. The minimum absolute atomic E-state index is 0.00117. The number of fused-ring (bicyclic) bond motifs is 1. The second-order valence-corrected chi connectivity index (χ2v) is 33.4. The summed E-state index contributed by atoms with van der Waals surface area (Å²) in [4.78, 5) is 232. The Morgan fingerprint density at radius 3 is 1.89 bits per heavy atom. The van der Waals surface area contributed by atoms with E-state index in [4.69, 9.17) is 17.2 Å². The van der Waals surface area contributed by atoms with Crippen LogP contribution >= 0.6 is 11.8 Å². The van der Waals surface area contributed by atoms with Crippen LogP contribution in [0.2, 0.25) is 0 Å². The number of carboxylic acid groups (broad SMARTS) is 3. The standard InChI is InChI=1S/C66H103N17O16S.C17H18FN3O3/c1-9-35(6)52(69)66-81-48(32-100-66)63(97)76-43(26-34(4)5)59(93)74-42(22-23-50(85)86)58(92)83-53(36(7)10-2)64(98)75-40-20-15-16-25-71-55(89)46(29-49(68)84)78-62(96)47(30-51(87)88)79-61(95)45(28-39-31-70-33-72-39)77-60(94)44(27-38-18-13-12-14-19-38)80-65(99)54(37(8)11-3)82-57(91)41(21-17-24-67)73-56(40)90;18-13-7-11-14(8-15(13)20-5-3-19-4-6-20)21(10-1-2-10)9-12(16(11)22)17(23)24/h12-14,18-19,31,33-37,40-48,52-54H,9-11,15-17,20-30,32,67,69H2,1-8H3,(H2,68,84)(H,70,72)(H,71,89)(H,73,90)(H,74,93)(H,75,98)(H,76,97)(H,77,94)(H,78,96)(H,79,95)(H,80,99)(H,82,91)(H,83,92)(H,85,86)(H,87,88);7-10,19H,1-6H2,(H,23,24)/t35-,36-,37-,40+,41+,42+,43-,44+,45-,46-,47-,48-,52-,53-,54-;/m0./s1. The first-order valence-electron chi connectivity index (χ1n) is 42.2. The lowest BCUT2D eigenvalue weighted by Crippen LogP contribution is -2.62. The molecule has 3 aliphatic heterocycles. The largest absolute Gasteiger partial charge is 0.481 e. The van der Waals surface area contributed by atoms with Crippen LogP contribution in [0.15, 0.2) is 71.0 Å². The monoisotopic (exact) mass is 1750 g/mol. The van der Waals surface area contributed by atoms with Crippen LogP contribution in [-0.4, -0.2) is 241 Å². The third-order valence-electron chi connectivity index (χ3n) is 22.2. The molecule has 124 heavy (non-hydrogen) atoms. The molecule has 2 aromatic heterocycles. The minimum Gasteiger partial charge on any atom is -0.481 e. The number of anilines is 1. The number of aliphatic imine (C=N–C) groups is 1. The number of thioether (sulfide) groups is 1. The molecule has 12 amide bonds. The van der Waals surface area contributed by atoms with Crippen LogP contribution in [0.1, 0.15) is 179 Å². The molecule has 8 rings (SSSR count). The highest BCUT2D eigenvalue weighted by molar-refractivity contribution is 8.14. The minimum atomic E-state index is -1.94. The summed E-state index contributed by atoms with van der Waals surface area (Å²) < 4.78 is 16.4. The van der Waals surface area contributed by atoms with Crippen molar-refractivity contribution in [2.75, 3.05) is 49.9 Å². The van der Waals surface area contributed by atoms with Crippen molar-refractivity contribution in [3.8, 4) is 0 Å². The van der Waals surface area contributed by atoms with Crippen molar-refractivity contribution in [3.05, 3.63) is 94.0 Å². The molecule has 4 aromatic rings. The Balaban J connectivity index is 0.000000741. The lowest BCUT2D eigenvalue weighted by Gasteiger charge is -2.30. The predicted molar refractivity (Wildman–Crippen MR) is 458 cm³/mol. The fraction of sp³-hybridized carbons (Fsp3) is 0.590. The summed E-state index contributed by atoms with van der Waals surface area (Å²) in [7, 11) is 0. The number of nitrogens with zero attached hydrogens (tertiary/aromatic N) is 4. The molecule has 4 aliphatic rings. The number of benzene rings is 2. The highest BCUT2D eigenvalue weighted by atomic mass is 32.2. The van der Waals surface area contributed by atoms with E-state index in [9.17, 15) is 96.4 Å². The summed E-state index contributed by atoms with van der Waals surface area (Å²) in [6.45, 7) is 17.1. The van der Waals surface area contributed by atoms with Gasteiger partial charge in [0.05, 0.1) is 41.5 Å². The van der Waals surface area contributed by atoms with E-state index in [1.807, 2.05) is 37.2 Å². The van der Waals surface area contributed by atoms with Crippen LogP contribution in [0.5, 0.6) is 0 Å². The van der Waals surface area contributed by atoms with Crippen LogP contribution in [0, 0.1) is 29.5 Å². The Morgan fingerprint density at radius 2 is 1.29 bits per heavy atom. The molecule has 0 spiro atoms. The number of nitrogens with one attached hydrogen (secondary N) is 13. The van der Waals surface area contributed by atoms with Crippen molar-refractivity contribution in [1.82, 2.24) is 78.3 Å². The Labute approximate surface area is 721 Å². The van der Waals surface area contributed by atoms with Gasteiger partial charge < -0.3 is 111 Å². The lowest BCUT2D eigenvalue weighted by atomic mass is 9.96. The Bertz CT molecular complexity index is 4510. The van der Waals surface area contributed by atoms with E-state index >= 15 is 0 Å². The number of imidazole rings is 1. The van der Waals surface area contributed by atoms with Crippen LogP contribution in [0.3, 0.4) is 0 Å². The van der Waals surface area contributed by atoms with Crippen molar-refractivity contribution >= 4 is 122 Å². The first-order chi connectivity index (χ1) is 58.9. The van der Waals surface area contributed by atoms with Gasteiger partial charge in [0.25, 0.3) is 0 Å². The van der Waals surface area contributed by atoms with Gasteiger partial charge >= 0.3 is 17.9 Å². The summed E-state index contributed by atoms with van der Waals surface area (Å²) in [6, 6.07) is -5.26. The average molecular weight is 1750 g/mol. The number of hydrogen-bond donors (Lipinski definition) is 19. The van der Waals surface area contributed by atoms with Gasteiger partial charge in [-0.2, -0.15) is 0 Å². The van der Waals surface area contributed by atoms with Crippen molar-refractivity contribution in [2.24, 2.45) is 45.9 Å². The van der Waals surface area contributed by atoms with Crippen LogP contribution in [0.4, 0.5) is 10.1 Å². The maximum atomic E-state index is 14.9. The molecule has 41 heteroatoms. The van der Waals surface area contributed by atoms with Crippen molar-refractivity contribution in [2.45, 2.75) is 243 Å². The summed E-state index contributed by atoms with van der Waals surface area (Å²) in [5, 5.41) is 61.7. The lowest BCUT2D eigenvalue weighted by molar-refractivity contribution is -0.142. The van der Waals surface area contributed by atoms with Gasteiger partial charge in [-0.1, -0.05) is 105 Å². The summed E-state index contributed by atoms with van der Waals surface area (Å²) in [6.07, 6.45) is 3.66. The van der Waals surface area contributed by atoms with Crippen molar-refractivity contribution < 1.29 is 91.6 Å². The van der Waals surface area contributed by atoms with Gasteiger partial charge in [-0.05, 0) is 106 Å². The molecule has 2 aromatic carbocycles. The second kappa shape index (κ2) is 48.6. The number of aromatic amines is 1. The third kappa shape index (κ3) is 29.9. The molecule has 0 radical (unpaired) electrons. The van der Waals surface area contributed by atoms with Crippen LogP contribution in [-0.2, 0) is 80.0 Å². The number of carbonyl (C=O) groups is 15. The molecule has 0 bridgehead atoms. The number of carboxylic acids is 3. The topological polar surface area (TPSA) is 605 Å². The zero-order valence-electron chi connectivity index (χ0n) is 71.2. The molecule has 39 nitrogen and oxygen atoms in total. The zero-order valence-corrected chi connectivity index (χ0v) is 72.1. The molecule has 2 saturated heterocycles. The molecule has 1 saturated carbocycles. The van der Waals surface area contributed by atoms with E-state index < -0.39 is 210 Å². The number of carbonyl (C=O) groups excluding carboxylic acids is 12. The molecule has 15 atom stereocenters. The average Bonchev–Trinajstić information content (AvgIpc) is 1.39. The molecular weight excluding hydrogens is 1630 g/mol. The van der Waals surface area contributed by atoms with Gasteiger partial charge in [0, 0.05) is 87.3 Å². The molecule has 0 unspecified atom stereocenters. The third-order valence-corrected chi connectivity index (χ3v) is 23.4. The molecule has 5 heterocycles. The normalized spacial score (nSPS) is 22.2. The molecule has 22 N–H and O–H groups in total. The van der Waals surface area contributed by atoms with Gasteiger partial charge in [0.15, 0.2) is 0 Å².